The Kier molecular flexibility index (Phi) is 5.56. The van der Waals surface area contributed by atoms with Gasteiger partial charge < -0.3 is 30.5 Å². The maximum absolute atomic E-state index is 12.1. The first-order valence-corrected chi connectivity index (χ1v) is 8.05. The molecule has 1 saturated heterocycles. The molecule has 4 N–H and O–H groups in total. The minimum absolute atomic E-state index is 0.0651. The average molecular weight is 337 g/mol. The zero-order chi connectivity index (χ0) is 17.9. The monoisotopic (exact) mass is 337 g/mol. The number of amides is 1. The van der Waals surface area contributed by atoms with Crippen LogP contribution < -0.4 is 11.1 Å². The zero-order valence-corrected chi connectivity index (χ0v) is 14.7. The lowest BCUT2D eigenvalue weighted by molar-refractivity contribution is -0.0768. The number of nitrogens with two attached hydrogens (primary N) is 1. The highest BCUT2D eigenvalue weighted by Crippen LogP contribution is 2.26. The van der Waals surface area contributed by atoms with E-state index >= 15 is 0 Å². The molecule has 24 heavy (non-hydrogen) atoms. The molecule has 2 atom stereocenters. The van der Waals surface area contributed by atoms with Gasteiger partial charge in [0.25, 0.3) is 0 Å². The van der Waals surface area contributed by atoms with E-state index < -0.39 is 11.9 Å². The summed E-state index contributed by atoms with van der Waals surface area (Å²) in [7, 11) is 1.43. The van der Waals surface area contributed by atoms with Crippen LogP contribution in [0.5, 0.6) is 0 Å². The van der Waals surface area contributed by atoms with Crippen molar-refractivity contribution in [3.63, 3.8) is 0 Å². The second-order valence-corrected chi connectivity index (χ2v) is 6.93. The quantitative estimate of drug-likeness (QED) is 0.563. The van der Waals surface area contributed by atoms with Gasteiger partial charge in [-0.15, -0.1) is 0 Å². The fraction of sp³-hybridized carbons (Fsp3) is 0.588. The average Bonchev–Trinajstić information content (AvgIpc) is 2.45. The van der Waals surface area contributed by atoms with E-state index in [1.807, 2.05) is 20.8 Å². The summed E-state index contributed by atoms with van der Waals surface area (Å²) in [4.78, 5) is 13.8. The molecule has 7 heteroatoms. The molecule has 1 aromatic rings. The number of rotatable bonds is 5. The van der Waals surface area contributed by atoms with E-state index in [1.165, 1.54) is 7.11 Å². The van der Waals surface area contributed by atoms with Gasteiger partial charge in [-0.2, -0.15) is 0 Å². The summed E-state index contributed by atoms with van der Waals surface area (Å²) in [5.41, 5.74) is 7.36. The molecular formula is C17H27N3O4. The lowest BCUT2D eigenvalue weighted by Crippen LogP contribution is -2.55. The molecule has 0 aromatic heterocycles. The number of hydrogen-bond acceptors (Lipinski definition) is 6. The van der Waals surface area contributed by atoms with E-state index in [1.54, 1.807) is 23.1 Å². The van der Waals surface area contributed by atoms with Crippen LogP contribution in [0.25, 0.3) is 0 Å². The predicted molar refractivity (Wildman–Crippen MR) is 92.7 cm³/mol. The number of methoxy groups -OCH3 is 1. The Morgan fingerprint density at radius 2 is 2.21 bits per heavy atom. The van der Waals surface area contributed by atoms with E-state index in [-0.39, 0.29) is 12.1 Å². The predicted octanol–water partition coefficient (Wildman–Crippen LogP) is 2.33. The SMILES string of the molecule is COC(O)c1ccc(N)c(NC[C@@H]2CCN2C(=O)OC(C)(C)C)c1. The van der Waals surface area contributed by atoms with E-state index in [9.17, 15) is 9.90 Å². The van der Waals surface area contributed by atoms with E-state index in [0.717, 1.165) is 6.42 Å². The fourth-order valence-corrected chi connectivity index (χ4v) is 2.46. The number of nitrogens with zero attached hydrogens (tertiary/aromatic N) is 1. The first-order chi connectivity index (χ1) is 11.2. The Labute approximate surface area is 142 Å². The van der Waals surface area contributed by atoms with Gasteiger partial charge in [-0.25, -0.2) is 4.79 Å². The van der Waals surface area contributed by atoms with Gasteiger partial charge in [-0.05, 0) is 39.3 Å². The maximum atomic E-state index is 12.1. The van der Waals surface area contributed by atoms with Crippen LogP contribution in [0.3, 0.4) is 0 Å². The van der Waals surface area contributed by atoms with Crippen LogP contribution in [0.4, 0.5) is 16.2 Å². The largest absolute Gasteiger partial charge is 0.444 e. The summed E-state index contributed by atoms with van der Waals surface area (Å²) in [6, 6.07) is 5.24. The molecule has 1 aromatic carbocycles. The van der Waals surface area contributed by atoms with Crippen LogP contribution in [-0.4, -0.2) is 47.9 Å². The van der Waals surface area contributed by atoms with Crippen molar-refractivity contribution in [1.29, 1.82) is 0 Å². The molecule has 0 saturated carbocycles. The Hall–Kier alpha value is -1.99. The second-order valence-electron chi connectivity index (χ2n) is 6.93. The van der Waals surface area contributed by atoms with Crippen LogP contribution in [0.15, 0.2) is 18.2 Å². The third-order valence-electron chi connectivity index (χ3n) is 3.89. The number of carbonyl (C=O) groups is 1. The minimum Gasteiger partial charge on any atom is -0.444 e. The van der Waals surface area contributed by atoms with Crippen molar-refractivity contribution in [2.75, 3.05) is 31.2 Å². The molecule has 0 aliphatic carbocycles. The molecule has 1 heterocycles. The number of likely N-dealkylation sites (tertiary alicyclic amines) is 1. The molecule has 134 valence electrons. The number of aliphatic hydroxyl groups excluding tert-OH is 1. The van der Waals surface area contributed by atoms with Crippen molar-refractivity contribution in [3.05, 3.63) is 23.8 Å². The molecular weight excluding hydrogens is 310 g/mol. The van der Waals surface area contributed by atoms with Gasteiger partial charge in [-0.3, -0.25) is 0 Å². The van der Waals surface area contributed by atoms with Crippen LogP contribution in [-0.2, 0) is 9.47 Å². The minimum atomic E-state index is -0.992. The van der Waals surface area contributed by atoms with Gasteiger partial charge in [0, 0.05) is 25.8 Å². The smallest absolute Gasteiger partial charge is 0.410 e. The lowest BCUT2D eigenvalue weighted by Gasteiger charge is -2.41. The maximum Gasteiger partial charge on any atom is 0.410 e. The first-order valence-electron chi connectivity index (χ1n) is 8.05. The van der Waals surface area contributed by atoms with Crippen molar-refractivity contribution in [1.82, 2.24) is 4.90 Å². The molecule has 1 unspecified atom stereocenters. The van der Waals surface area contributed by atoms with Gasteiger partial charge in [-0.1, -0.05) is 6.07 Å². The van der Waals surface area contributed by atoms with Crippen molar-refractivity contribution in [2.45, 2.75) is 45.1 Å². The summed E-state index contributed by atoms with van der Waals surface area (Å²) in [6.07, 6.45) is -0.378. The Morgan fingerprint density at radius 3 is 2.75 bits per heavy atom. The molecule has 1 fully saturated rings. The number of hydrogen-bond donors (Lipinski definition) is 3. The van der Waals surface area contributed by atoms with Crippen molar-refractivity contribution >= 4 is 17.5 Å². The number of carbonyl (C=O) groups excluding carboxylic acids is 1. The Balaban J connectivity index is 1.95. The highest BCUT2D eigenvalue weighted by Gasteiger charge is 2.35. The van der Waals surface area contributed by atoms with Gasteiger partial charge in [0.2, 0.25) is 0 Å². The van der Waals surface area contributed by atoms with E-state index in [0.29, 0.717) is 30.0 Å². The standard InChI is InChI=1S/C17H27N3O4/c1-17(2,3)24-16(22)20-8-7-12(20)10-19-14-9-11(15(21)23-4)5-6-13(14)18/h5-6,9,12,15,19,21H,7-8,10,18H2,1-4H3/t12-,15?/m0/s1. The number of nitrogen functional groups attached to an aromatic ring is 1. The third kappa shape index (κ3) is 4.52. The number of benzene rings is 1. The van der Waals surface area contributed by atoms with Crippen molar-refractivity contribution < 1.29 is 19.4 Å². The van der Waals surface area contributed by atoms with Crippen LogP contribution >= 0.6 is 0 Å². The number of aliphatic hydroxyl groups is 1. The Bertz CT molecular complexity index is 586. The van der Waals surface area contributed by atoms with Crippen LogP contribution in [0.1, 0.15) is 39.0 Å². The highest BCUT2D eigenvalue weighted by atomic mass is 16.6. The summed E-state index contributed by atoms with van der Waals surface area (Å²) in [5.74, 6) is 0. The van der Waals surface area contributed by atoms with Crippen molar-refractivity contribution in [2.24, 2.45) is 0 Å². The Morgan fingerprint density at radius 1 is 1.50 bits per heavy atom. The van der Waals surface area contributed by atoms with Gasteiger partial charge in [0.05, 0.1) is 17.4 Å². The molecule has 0 bridgehead atoms. The molecule has 7 nitrogen and oxygen atoms in total. The topological polar surface area (TPSA) is 97.0 Å². The van der Waals surface area contributed by atoms with Crippen LogP contribution in [0.2, 0.25) is 0 Å². The number of anilines is 2. The third-order valence-corrected chi connectivity index (χ3v) is 3.89. The molecule has 1 aliphatic rings. The number of nitrogens with one attached hydrogen (secondary N) is 1. The highest BCUT2D eigenvalue weighted by molar-refractivity contribution is 5.70. The van der Waals surface area contributed by atoms with Gasteiger partial charge >= 0.3 is 6.09 Å². The first kappa shape index (κ1) is 18.4. The second kappa shape index (κ2) is 7.27. The number of ether oxygens (including phenoxy) is 2. The van der Waals surface area contributed by atoms with E-state index in [2.05, 4.69) is 5.32 Å². The summed E-state index contributed by atoms with van der Waals surface area (Å²) < 4.78 is 10.3. The lowest BCUT2D eigenvalue weighted by atomic mass is 10.0. The zero-order valence-electron chi connectivity index (χ0n) is 14.7. The van der Waals surface area contributed by atoms with Crippen LogP contribution in [0, 0.1) is 0 Å². The molecule has 0 spiro atoms. The van der Waals surface area contributed by atoms with Gasteiger partial charge in [0.1, 0.15) is 5.60 Å². The molecule has 0 radical (unpaired) electrons. The summed E-state index contributed by atoms with van der Waals surface area (Å²) in [6.45, 7) is 6.82. The van der Waals surface area contributed by atoms with Gasteiger partial charge in [0.15, 0.2) is 6.29 Å². The molecule has 1 aliphatic heterocycles. The molecule has 1 amide bonds. The fourth-order valence-electron chi connectivity index (χ4n) is 2.46. The summed E-state index contributed by atoms with van der Waals surface area (Å²) in [5, 5.41) is 13.0. The van der Waals surface area contributed by atoms with E-state index in [4.69, 9.17) is 15.2 Å². The molecule has 2 rings (SSSR count). The summed E-state index contributed by atoms with van der Waals surface area (Å²) >= 11 is 0. The van der Waals surface area contributed by atoms with Crippen molar-refractivity contribution in [3.8, 4) is 0 Å². The normalized spacial score (nSPS) is 18.7.